The van der Waals surface area contributed by atoms with Crippen molar-refractivity contribution in [2.75, 3.05) is 12.4 Å². The van der Waals surface area contributed by atoms with Gasteiger partial charge in [0, 0.05) is 10.9 Å². The number of nitrogens with two attached hydrogens (primary N) is 1. The molecule has 148 valence electrons. The molecule has 0 aliphatic heterocycles. The number of anilines is 1. The largest absolute Gasteiger partial charge is 0.497 e. The number of hydrogen-bond donors (Lipinski definition) is 2. The van der Waals surface area contributed by atoms with Gasteiger partial charge >= 0.3 is 0 Å². The highest BCUT2D eigenvalue weighted by atomic mass is 16.5. The number of amides is 1. The van der Waals surface area contributed by atoms with E-state index in [1.165, 1.54) is 0 Å². The molecule has 0 spiro atoms. The molecule has 0 aliphatic rings. The summed E-state index contributed by atoms with van der Waals surface area (Å²) in [6.07, 6.45) is 0. The van der Waals surface area contributed by atoms with Crippen LogP contribution in [0.2, 0.25) is 0 Å². The molecule has 2 aromatic carbocycles. The Morgan fingerprint density at radius 3 is 2.66 bits per heavy atom. The van der Waals surface area contributed by atoms with E-state index < -0.39 is 11.9 Å². The lowest BCUT2D eigenvalue weighted by Gasteiger charge is -2.19. The van der Waals surface area contributed by atoms with Gasteiger partial charge in [0.25, 0.3) is 0 Å². The summed E-state index contributed by atoms with van der Waals surface area (Å²) >= 11 is 0. The molecule has 29 heavy (non-hydrogen) atoms. The van der Waals surface area contributed by atoms with Crippen molar-refractivity contribution in [3.8, 4) is 17.1 Å². The number of carbonyl (C=O) groups is 1. The molecule has 0 unspecified atom stereocenters. The van der Waals surface area contributed by atoms with Gasteiger partial charge in [-0.25, -0.2) is 9.97 Å². The number of aromatic nitrogens is 4. The molecular weight excluding hydrogens is 368 g/mol. The van der Waals surface area contributed by atoms with Crippen molar-refractivity contribution in [3.05, 3.63) is 48.5 Å². The summed E-state index contributed by atoms with van der Waals surface area (Å²) in [4.78, 5) is 21.3. The minimum absolute atomic E-state index is 0.0165. The second-order valence-corrected chi connectivity index (χ2v) is 7.12. The summed E-state index contributed by atoms with van der Waals surface area (Å²) in [6.45, 7) is 3.84. The monoisotopic (exact) mass is 390 g/mol. The lowest BCUT2D eigenvalue weighted by atomic mass is 10.0. The minimum Gasteiger partial charge on any atom is -0.497 e. The van der Waals surface area contributed by atoms with E-state index >= 15 is 0 Å². The van der Waals surface area contributed by atoms with Crippen LogP contribution in [0.25, 0.3) is 27.9 Å². The van der Waals surface area contributed by atoms with E-state index in [1.807, 2.05) is 62.4 Å². The molecule has 8 heteroatoms. The van der Waals surface area contributed by atoms with E-state index in [2.05, 4.69) is 15.4 Å². The Hall–Kier alpha value is -3.68. The van der Waals surface area contributed by atoms with E-state index in [0.717, 1.165) is 22.2 Å². The van der Waals surface area contributed by atoms with Gasteiger partial charge in [0.1, 0.15) is 11.8 Å². The molecule has 4 aromatic rings. The Labute approximate surface area is 167 Å². The first-order valence-electron chi connectivity index (χ1n) is 9.33. The number of benzene rings is 2. The standard InChI is InChI=1S/C21H22N6O2/c1-12(2)17(18(22)28)24-21-23-16-10-5-4-9-15(16)20-25-19(26-27(20)21)13-7-6-8-14(11-13)29-3/h4-12,17H,1-3H3,(H2,22,28)(H,23,24)/t17-/m1/s1. The molecule has 0 saturated heterocycles. The molecular formula is C21H22N6O2. The number of ether oxygens (including phenoxy) is 1. The lowest BCUT2D eigenvalue weighted by Crippen LogP contribution is -2.40. The minimum atomic E-state index is -0.587. The second kappa shape index (κ2) is 7.38. The average molecular weight is 390 g/mol. The van der Waals surface area contributed by atoms with Crippen LogP contribution in [0, 0.1) is 5.92 Å². The van der Waals surface area contributed by atoms with Crippen molar-refractivity contribution in [2.45, 2.75) is 19.9 Å². The fraction of sp³-hybridized carbons (Fsp3) is 0.238. The van der Waals surface area contributed by atoms with Crippen molar-refractivity contribution in [3.63, 3.8) is 0 Å². The van der Waals surface area contributed by atoms with Crippen LogP contribution in [0.3, 0.4) is 0 Å². The number of primary amides is 1. The Morgan fingerprint density at radius 1 is 1.14 bits per heavy atom. The molecule has 1 atom stereocenters. The molecule has 4 rings (SSSR count). The van der Waals surface area contributed by atoms with Gasteiger partial charge in [-0.2, -0.15) is 4.52 Å². The first-order chi connectivity index (χ1) is 14.0. The second-order valence-electron chi connectivity index (χ2n) is 7.12. The predicted molar refractivity (Wildman–Crippen MR) is 112 cm³/mol. The highest BCUT2D eigenvalue weighted by Gasteiger charge is 2.23. The molecule has 2 heterocycles. The number of carbonyl (C=O) groups excluding carboxylic acids is 1. The number of rotatable bonds is 6. The number of nitrogens with one attached hydrogen (secondary N) is 1. The summed E-state index contributed by atoms with van der Waals surface area (Å²) in [6, 6.07) is 14.6. The molecule has 8 nitrogen and oxygen atoms in total. The van der Waals surface area contributed by atoms with Crippen molar-refractivity contribution in [1.29, 1.82) is 0 Å². The van der Waals surface area contributed by atoms with Gasteiger partial charge in [0.15, 0.2) is 11.5 Å². The SMILES string of the molecule is COc1cccc(-c2nc3c4ccccc4nc(N[C@@H](C(N)=O)C(C)C)n3n2)c1. The molecule has 0 saturated carbocycles. The maximum absolute atomic E-state index is 11.9. The topological polar surface area (TPSA) is 107 Å². The van der Waals surface area contributed by atoms with Gasteiger partial charge in [-0.3, -0.25) is 4.79 Å². The van der Waals surface area contributed by atoms with Gasteiger partial charge in [-0.05, 0) is 30.2 Å². The zero-order chi connectivity index (χ0) is 20.5. The van der Waals surface area contributed by atoms with Gasteiger partial charge in [-0.1, -0.05) is 38.1 Å². The third-order valence-electron chi connectivity index (χ3n) is 4.76. The van der Waals surface area contributed by atoms with Crippen LogP contribution in [0.1, 0.15) is 13.8 Å². The Balaban J connectivity index is 1.92. The number of para-hydroxylation sites is 1. The molecule has 1 amide bonds. The van der Waals surface area contributed by atoms with Crippen molar-refractivity contribution >= 4 is 28.4 Å². The van der Waals surface area contributed by atoms with Crippen LogP contribution in [-0.4, -0.2) is 38.6 Å². The van der Waals surface area contributed by atoms with Crippen molar-refractivity contribution in [2.24, 2.45) is 11.7 Å². The fourth-order valence-electron chi connectivity index (χ4n) is 3.24. The predicted octanol–water partition coefficient (Wildman–Crippen LogP) is 2.87. The first-order valence-corrected chi connectivity index (χ1v) is 9.33. The number of nitrogens with zero attached hydrogens (tertiary/aromatic N) is 4. The highest BCUT2D eigenvalue weighted by Crippen LogP contribution is 2.26. The van der Waals surface area contributed by atoms with Crippen LogP contribution in [0.4, 0.5) is 5.95 Å². The molecule has 0 radical (unpaired) electrons. The zero-order valence-electron chi connectivity index (χ0n) is 16.5. The third kappa shape index (κ3) is 3.44. The molecule has 0 fully saturated rings. The van der Waals surface area contributed by atoms with E-state index in [4.69, 9.17) is 15.5 Å². The zero-order valence-corrected chi connectivity index (χ0v) is 16.5. The Bertz CT molecular complexity index is 1200. The number of methoxy groups -OCH3 is 1. The quantitative estimate of drug-likeness (QED) is 0.524. The fourth-order valence-corrected chi connectivity index (χ4v) is 3.24. The lowest BCUT2D eigenvalue weighted by molar-refractivity contribution is -0.119. The molecule has 2 aromatic heterocycles. The van der Waals surface area contributed by atoms with Gasteiger partial charge in [0.05, 0.1) is 12.6 Å². The summed E-state index contributed by atoms with van der Waals surface area (Å²) in [7, 11) is 1.62. The summed E-state index contributed by atoms with van der Waals surface area (Å²) in [5.74, 6) is 1.20. The van der Waals surface area contributed by atoms with Crippen LogP contribution >= 0.6 is 0 Å². The first kappa shape index (κ1) is 18.7. The number of hydrogen-bond acceptors (Lipinski definition) is 6. The summed E-state index contributed by atoms with van der Waals surface area (Å²) < 4.78 is 6.93. The smallest absolute Gasteiger partial charge is 0.240 e. The normalized spacial score (nSPS) is 12.4. The van der Waals surface area contributed by atoms with Gasteiger partial charge in [0.2, 0.25) is 11.9 Å². The van der Waals surface area contributed by atoms with Crippen molar-refractivity contribution < 1.29 is 9.53 Å². The number of fused-ring (bicyclic) bond motifs is 3. The van der Waals surface area contributed by atoms with Crippen LogP contribution < -0.4 is 15.8 Å². The van der Waals surface area contributed by atoms with Gasteiger partial charge < -0.3 is 15.8 Å². The van der Waals surface area contributed by atoms with E-state index in [1.54, 1.807) is 11.6 Å². The van der Waals surface area contributed by atoms with E-state index in [9.17, 15) is 4.79 Å². The average Bonchev–Trinajstić information content (AvgIpc) is 3.17. The van der Waals surface area contributed by atoms with Crippen LogP contribution in [0.5, 0.6) is 5.75 Å². The molecule has 3 N–H and O–H groups in total. The molecule has 0 aliphatic carbocycles. The Kier molecular flexibility index (Phi) is 4.75. The summed E-state index contributed by atoms with van der Waals surface area (Å²) in [5.41, 5.74) is 7.79. The maximum Gasteiger partial charge on any atom is 0.240 e. The van der Waals surface area contributed by atoms with Crippen LogP contribution in [0.15, 0.2) is 48.5 Å². The third-order valence-corrected chi connectivity index (χ3v) is 4.76. The maximum atomic E-state index is 11.9. The Morgan fingerprint density at radius 2 is 1.93 bits per heavy atom. The molecule has 0 bridgehead atoms. The van der Waals surface area contributed by atoms with Crippen LogP contribution in [-0.2, 0) is 4.79 Å². The van der Waals surface area contributed by atoms with E-state index in [0.29, 0.717) is 17.4 Å². The summed E-state index contributed by atoms with van der Waals surface area (Å²) in [5, 5.41) is 8.66. The van der Waals surface area contributed by atoms with Gasteiger partial charge in [-0.15, -0.1) is 5.10 Å². The highest BCUT2D eigenvalue weighted by molar-refractivity contribution is 5.93. The van der Waals surface area contributed by atoms with Crippen molar-refractivity contribution in [1.82, 2.24) is 19.6 Å². The van der Waals surface area contributed by atoms with E-state index in [-0.39, 0.29) is 5.92 Å².